The monoisotopic (exact) mass is 449 g/mol. The third-order valence-corrected chi connectivity index (χ3v) is 7.31. The summed E-state index contributed by atoms with van der Waals surface area (Å²) in [5.41, 5.74) is 5.58. The van der Waals surface area contributed by atoms with Gasteiger partial charge in [0.1, 0.15) is 11.0 Å². The number of carbonyl (C=O) groups excluding carboxylic acids is 1. The van der Waals surface area contributed by atoms with Crippen LogP contribution < -0.4 is 10.2 Å². The van der Waals surface area contributed by atoms with Crippen LogP contribution in [0.3, 0.4) is 0 Å². The van der Waals surface area contributed by atoms with Crippen molar-refractivity contribution >= 4 is 17.7 Å². The summed E-state index contributed by atoms with van der Waals surface area (Å²) in [6.07, 6.45) is 4.52. The second-order valence-electron chi connectivity index (χ2n) is 8.17. The number of amides is 1. The van der Waals surface area contributed by atoms with Gasteiger partial charge in [0, 0.05) is 18.7 Å². The number of carbonyl (C=O) groups is 1. The summed E-state index contributed by atoms with van der Waals surface area (Å²) in [5, 5.41) is 9.23. The standard InChI is InChI=1S/C24H27N5O2S/c1-31-19-13-11-17(12-14-19)20-21(23(30)28-15-7-2-3-8-16-28)32-24-26-25-22(29(24)27-20)18-9-5-4-6-10-18/h4-6,9-14,20-21,27H,2-3,7-8,15-16H2,1H3/t20-,21-/m0/s1. The fourth-order valence-electron chi connectivity index (χ4n) is 4.35. The van der Waals surface area contributed by atoms with E-state index in [4.69, 9.17) is 4.74 Å². The van der Waals surface area contributed by atoms with Crippen LogP contribution in [0.15, 0.2) is 59.8 Å². The molecule has 1 amide bonds. The molecule has 0 aliphatic carbocycles. The van der Waals surface area contributed by atoms with Crippen molar-refractivity contribution in [2.45, 2.75) is 42.1 Å². The van der Waals surface area contributed by atoms with E-state index in [-0.39, 0.29) is 17.2 Å². The van der Waals surface area contributed by atoms with Gasteiger partial charge in [0.2, 0.25) is 11.1 Å². The van der Waals surface area contributed by atoms with E-state index in [9.17, 15) is 4.79 Å². The number of ether oxygens (including phenoxy) is 1. The zero-order valence-electron chi connectivity index (χ0n) is 18.1. The van der Waals surface area contributed by atoms with Crippen LogP contribution in [-0.2, 0) is 4.79 Å². The molecule has 1 fully saturated rings. The van der Waals surface area contributed by atoms with Crippen LogP contribution in [0.2, 0.25) is 0 Å². The zero-order valence-corrected chi connectivity index (χ0v) is 18.9. The van der Waals surface area contributed by atoms with E-state index in [0.717, 1.165) is 48.6 Å². The van der Waals surface area contributed by atoms with Gasteiger partial charge in [0.25, 0.3) is 0 Å². The Kier molecular flexibility index (Phi) is 6.03. The molecule has 1 saturated heterocycles. The minimum Gasteiger partial charge on any atom is -0.497 e. The number of rotatable bonds is 4. The third-order valence-electron chi connectivity index (χ3n) is 6.10. The summed E-state index contributed by atoms with van der Waals surface area (Å²) in [4.78, 5) is 15.7. The quantitative estimate of drug-likeness (QED) is 0.646. The lowest BCUT2D eigenvalue weighted by Crippen LogP contribution is -2.46. The van der Waals surface area contributed by atoms with E-state index < -0.39 is 0 Å². The molecule has 3 aromatic rings. The Bertz CT molecular complexity index is 1060. The molecule has 2 atom stereocenters. The molecule has 166 valence electrons. The van der Waals surface area contributed by atoms with Gasteiger partial charge in [-0.1, -0.05) is 67.1 Å². The number of fused-ring (bicyclic) bond motifs is 1. The van der Waals surface area contributed by atoms with E-state index in [1.54, 1.807) is 7.11 Å². The van der Waals surface area contributed by atoms with E-state index in [2.05, 4.69) is 15.6 Å². The van der Waals surface area contributed by atoms with Gasteiger partial charge in [-0.05, 0) is 30.5 Å². The number of likely N-dealkylation sites (tertiary alicyclic amines) is 1. The lowest BCUT2D eigenvalue weighted by Gasteiger charge is -2.35. The first-order valence-corrected chi connectivity index (χ1v) is 12.0. The number of benzene rings is 2. The largest absolute Gasteiger partial charge is 0.497 e. The second kappa shape index (κ2) is 9.24. The van der Waals surface area contributed by atoms with Crippen molar-refractivity contribution in [3.8, 4) is 17.1 Å². The molecular weight excluding hydrogens is 422 g/mol. The van der Waals surface area contributed by atoms with E-state index in [1.165, 1.54) is 24.6 Å². The molecule has 8 heteroatoms. The molecule has 1 N–H and O–H groups in total. The smallest absolute Gasteiger partial charge is 0.238 e. The lowest BCUT2D eigenvalue weighted by atomic mass is 10.0. The topological polar surface area (TPSA) is 72.3 Å². The summed E-state index contributed by atoms with van der Waals surface area (Å²) >= 11 is 1.50. The average Bonchev–Trinajstić information content (AvgIpc) is 3.07. The average molecular weight is 450 g/mol. The van der Waals surface area contributed by atoms with Crippen LogP contribution in [0.4, 0.5) is 0 Å². The molecule has 1 aromatic heterocycles. The molecule has 0 spiro atoms. The maximum absolute atomic E-state index is 13.7. The van der Waals surface area contributed by atoms with Gasteiger partial charge in [-0.15, -0.1) is 10.2 Å². The molecule has 5 rings (SSSR count). The maximum atomic E-state index is 13.7. The van der Waals surface area contributed by atoms with Crippen molar-refractivity contribution in [1.82, 2.24) is 19.8 Å². The highest BCUT2D eigenvalue weighted by Crippen LogP contribution is 2.40. The summed E-state index contributed by atoms with van der Waals surface area (Å²) in [6, 6.07) is 17.7. The third kappa shape index (κ3) is 4.07. The number of nitrogens with one attached hydrogen (secondary N) is 1. The lowest BCUT2D eigenvalue weighted by molar-refractivity contribution is -0.131. The Balaban J connectivity index is 1.51. The molecule has 0 radical (unpaired) electrons. The Morgan fingerprint density at radius 1 is 1.00 bits per heavy atom. The Labute approximate surface area is 192 Å². The Hall–Kier alpha value is -3.00. The fraction of sp³-hybridized carbons (Fsp3) is 0.375. The zero-order chi connectivity index (χ0) is 21.9. The molecule has 32 heavy (non-hydrogen) atoms. The van der Waals surface area contributed by atoms with Gasteiger partial charge in [0.15, 0.2) is 5.82 Å². The predicted octanol–water partition coefficient (Wildman–Crippen LogP) is 4.12. The van der Waals surface area contributed by atoms with Crippen molar-refractivity contribution in [2.75, 3.05) is 25.6 Å². The Morgan fingerprint density at radius 2 is 1.72 bits per heavy atom. The van der Waals surface area contributed by atoms with Crippen molar-refractivity contribution in [2.24, 2.45) is 0 Å². The number of thioether (sulfide) groups is 1. The van der Waals surface area contributed by atoms with Gasteiger partial charge >= 0.3 is 0 Å². The predicted molar refractivity (Wildman–Crippen MR) is 125 cm³/mol. The Morgan fingerprint density at radius 3 is 2.41 bits per heavy atom. The first-order chi connectivity index (χ1) is 15.7. The van der Waals surface area contributed by atoms with Crippen molar-refractivity contribution in [3.63, 3.8) is 0 Å². The van der Waals surface area contributed by atoms with Gasteiger partial charge in [0.05, 0.1) is 13.2 Å². The van der Waals surface area contributed by atoms with E-state index in [0.29, 0.717) is 5.16 Å². The van der Waals surface area contributed by atoms with Crippen molar-refractivity contribution in [3.05, 3.63) is 60.2 Å². The molecule has 0 unspecified atom stereocenters. The van der Waals surface area contributed by atoms with Crippen LogP contribution in [0.25, 0.3) is 11.4 Å². The van der Waals surface area contributed by atoms with Crippen LogP contribution in [0, 0.1) is 0 Å². The normalized spacial score (nSPS) is 20.7. The number of hydrogen-bond donors (Lipinski definition) is 1. The molecule has 2 aromatic carbocycles. The van der Waals surface area contributed by atoms with Gasteiger partial charge in [-0.25, -0.2) is 4.68 Å². The van der Waals surface area contributed by atoms with Crippen LogP contribution in [-0.4, -0.2) is 51.1 Å². The van der Waals surface area contributed by atoms with E-state index in [1.807, 2.05) is 64.2 Å². The summed E-state index contributed by atoms with van der Waals surface area (Å²) in [5.74, 6) is 1.70. The summed E-state index contributed by atoms with van der Waals surface area (Å²) in [7, 11) is 1.66. The SMILES string of the molecule is COc1ccc([C@@H]2Nn3c(nnc3-c3ccccc3)S[C@@H]2C(=O)N2CCCCCC2)cc1. The highest BCUT2D eigenvalue weighted by atomic mass is 32.2. The first kappa shape index (κ1) is 20.9. The minimum atomic E-state index is -0.318. The molecule has 7 nitrogen and oxygen atoms in total. The van der Waals surface area contributed by atoms with Crippen molar-refractivity contribution in [1.29, 1.82) is 0 Å². The van der Waals surface area contributed by atoms with Gasteiger partial charge in [-0.2, -0.15) is 0 Å². The minimum absolute atomic E-state index is 0.167. The first-order valence-electron chi connectivity index (χ1n) is 11.1. The number of hydrogen-bond acceptors (Lipinski definition) is 6. The number of nitrogens with zero attached hydrogens (tertiary/aromatic N) is 4. The molecule has 0 saturated carbocycles. The van der Waals surface area contributed by atoms with Crippen LogP contribution in [0.1, 0.15) is 37.3 Å². The fourth-order valence-corrected chi connectivity index (χ4v) is 5.51. The molecular formula is C24H27N5O2S. The highest BCUT2D eigenvalue weighted by Gasteiger charge is 2.40. The van der Waals surface area contributed by atoms with Crippen LogP contribution in [0.5, 0.6) is 5.75 Å². The molecule has 2 aliphatic heterocycles. The van der Waals surface area contributed by atoms with E-state index >= 15 is 0 Å². The summed E-state index contributed by atoms with van der Waals surface area (Å²) in [6.45, 7) is 1.65. The highest BCUT2D eigenvalue weighted by molar-refractivity contribution is 8.00. The van der Waals surface area contributed by atoms with Gasteiger partial charge in [-0.3, -0.25) is 4.79 Å². The molecule has 3 heterocycles. The van der Waals surface area contributed by atoms with Crippen molar-refractivity contribution < 1.29 is 9.53 Å². The van der Waals surface area contributed by atoms with Gasteiger partial charge < -0.3 is 15.1 Å². The number of methoxy groups -OCH3 is 1. The second-order valence-corrected chi connectivity index (χ2v) is 9.27. The number of aromatic nitrogens is 3. The molecule has 0 bridgehead atoms. The maximum Gasteiger partial charge on any atom is 0.238 e. The summed E-state index contributed by atoms with van der Waals surface area (Å²) < 4.78 is 7.25. The van der Waals surface area contributed by atoms with Crippen LogP contribution >= 0.6 is 11.8 Å². The molecule has 2 aliphatic rings.